The van der Waals surface area contributed by atoms with Crippen molar-refractivity contribution in [2.45, 2.75) is 31.4 Å². The molecular formula is C20H22N2O3S. The van der Waals surface area contributed by atoms with Gasteiger partial charge < -0.3 is 9.47 Å². The Morgan fingerprint density at radius 3 is 2.54 bits per heavy atom. The molecule has 3 rings (SSSR count). The van der Waals surface area contributed by atoms with Crippen LogP contribution in [0.3, 0.4) is 0 Å². The van der Waals surface area contributed by atoms with Gasteiger partial charge in [0.05, 0.1) is 19.0 Å². The fourth-order valence-corrected chi connectivity index (χ4v) is 3.60. The number of thioether (sulfide) groups is 1. The molecule has 1 aliphatic heterocycles. The Morgan fingerprint density at radius 2 is 1.88 bits per heavy atom. The number of carbonyl (C=O) groups is 1. The van der Waals surface area contributed by atoms with E-state index >= 15 is 0 Å². The average molecular weight is 370 g/mol. The van der Waals surface area contributed by atoms with Gasteiger partial charge in [-0.05, 0) is 53.9 Å². The van der Waals surface area contributed by atoms with Gasteiger partial charge in [-0.3, -0.25) is 9.78 Å². The molecule has 0 fully saturated rings. The van der Waals surface area contributed by atoms with Gasteiger partial charge in [0.1, 0.15) is 5.75 Å². The first-order chi connectivity index (χ1) is 12.7. The van der Waals surface area contributed by atoms with Crippen LogP contribution in [0.4, 0.5) is 4.79 Å². The van der Waals surface area contributed by atoms with Gasteiger partial charge in [0.25, 0.3) is 0 Å². The van der Waals surface area contributed by atoms with Crippen LogP contribution in [0.25, 0.3) is 0 Å². The molecule has 1 amide bonds. The number of methoxy groups -OCH3 is 1. The number of hydrogen-bond donors (Lipinski definition) is 0. The van der Waals surface area contributed by atoms with Crippen LogP contribution in [0, 0.1) is 0 Å². The lowest BCUT2D eigenvalue weighted by Gasteiger charge is -2.11. The Balaban J connectivity index is 1.48. The lowest BCUT2D eigenvalue weighted by molar-refractivity contribution is 0.267. The normalized spacial score (nSPS) is 16.5. The Labute approximate surface area is 157 Å². The summed E-state index contributed by atoms with van der Waals surface area (Å²) in [6, 6.07) is 12.1. The quantitative estimate of drug-likeness (QED) is 0.735. The van der Waals surface area contributed by atoms with E-state index in [1.54, 1.807) is 7.11 Å². The molecule has 2 heterocycles. The Bertz CT molecular complexity index is 773. The molecule has 136 valence electrons. The Hall–Kier alpha value is -2.34. The fraction of sp³-hybridized carbons (Fsp3) is 0.350. The molecule has 0 aliphatic carbocycles. The second-order valence-electron chi connectivity index (χ2n) is 5.98. The first-order valence-electron chi connectivity index (χ1n) is 8.66. The molecule has 1 aliphatic rings. The van der Waals surface area contributed by atoms with Gasteiger partial charge in [0.15, 0.2) is 0 Å². The van der Waals surface area contributed by atoms with E-state index < -0.39 is 0 Å². The molecular weight excluding hydrogens is 348 g/mol. The zero-order chi connectivity index (χ0) is 18.4. The summed E-state index contributed by atoms with van der Waals surface area (Å²) >= 11 is 1.21. The molecule has 0 N–H and O–H groups in total. The molecule has 1 aromatic carbocycles. The van der Waals surface area contributed by atoms with Crippen LogP contribution < -0.4 is 4.74 Å². The van der Waals surface area contributed by atoms with E-state index in [1.807, 2.05) is 30.5 Å². The van der Waals surface area contributed by atoms with Crippen molar-refractivity contribution in [3.05, 3.63) is 59.4 Å². The van der Waals surface area contributed by atoms with Gasteiger partial charge in [0.2, 0.25) is 5.90 Å². The van der Waals surface area contributed by atoms with E-state index in [1.165, 1.54) is 17.3 Å². The summed E-state index contributed by atoms with van der Waals surface area (Å²) in [6.45, 7) is 2.71. The van der Waals surface area contributed by atoms with Crippen LogP contribution in [0.15, 0.2) is 47.6 Å². The number of hydrogen-bond acceptors (Lipinski definition) is 5. The van der Waals surface area contributed by atoms with Gasteiger partial charge in [-0.1, -0.05) is 25.1 Å². The highest BCUT2D eigenvalue weighted by Gasteiger charge is 2.28. The molecule has 0 saturated heterocycles. The third-order valence-corrected chi connectivity index (χ3v) is 5.14. The van der Waals surface area contributed by atoms with Crippen LogP contribution >= 0.6 is 11.8 Å². The monoisotopic (exact) mass is 370 g/mol. The van der Waals surface area contributed by atoms with Crippen LogP contribution in [0.2, 0.25) is 0 Å². The molecule has 0 saturated carbocycles. The molecule has 6 heteroatoms. The zero-order valence-electron chi connectivity index (χ0n) is 15.0. The van der Waals surface area contributed by atoms with Gasteiger partial charge in [-0.15, -0.1) is 0 Å². The number of carbonyl (C=O) groups excluding carboxylic acids is 1. The number of aryl methyl sites for hydroxylation is 1. The standard InChI is InChI=1S/C20H22N2O3S/c1-3-14-4-7-16(21-13-14)10-11-25-17-8-5-15(6-9-17)12-18-19(24-2)22-20(23)26-18/h4-9,13,18H,3,10-12H2,1-2H3. The second-order valence-corrected chi connectivity index (χ2v) is 7.14. The van der Waals surface area contributed by atoms with Crippen molar-refractivity contribution < 1.29 is 14.3 Å². The molecule has 26 heavy (non-hydrogen) atoms. The van der Waals surface area contributed by atoms with Crippen LogP contribution in [-0.2, 0) is 24.0 Å². The first-order valence-corrected chi connectivity index (χ1v) is 9.54. The average Bonchev–Trinajstić information content (AvgIpc) is 3.03. The van der Waals surface area contributed by atoms with Crippen LogP contribution in [0.5, 0.6) is 5.75 Å². The molecule has 2 aromatic rings. The van der Waals surface area contributed by atoms with Crippen molar-refractivity contribution in [3.63, 3.8) is 0 Å². The lowest BCUT2D eigenvalue weighted by atomic mass is 10.1. The molecule has 1 aromatic heterocycles. The Morgan fingerprint density at radius 1 is 1.12 bits per heavy atom. The van der Waals surface area contributed by atoms with Crippen LogP contribution in [-0.4, -0.2) is 35.1 Å². The summed E-state index contributed by atoms with van der Waals surface area (Å²) in [7, 11) is 1.55. The second kappa shape index (κ2) is 8.85. The summed E-state index contributed by atoms with van der Waals surface area (Å²) in [5.41, 5.74) is 3.40. The van der Waals surface area contributed by atoms with Crippen molar-refractivity contribution in [2.24, 2.45) is 4.99 Å². The van der Waals surface area contributed by atoms with Crippen molar-refractivity contribution >= 4 is 22.9 Å². The first kappa shape index (κ1) is 18.5. The van der Waals surface area contributed by atoms with Gasteiger partial charge >= 0.3 is 5.24 Å². The largest absolute Gasteiger partial charge is 0.493 e. The zero-order valence-corrected chi connectivity index (χ0v) is 15.8. The number of aromatic nitrogens is 1. The minimum Gasteiger partial charge on any atom is -0.493 e. The molecule has 1 unspecified atom stereocenters. The molecule has 5 nitrogen and oxygen atoms in total. The summed E-state index contributed by atoms with van der Waals surface area (Å²) in [4.78, 5) is 19.7. The maximum atomic E-state index is 11.4. The van der Waals surface area contributed by atoms with E-state index in [0.717, 1.165) is 29.8 Å². The Kier molecular flexibility index (Phi) is 6.28. The predicted octanol–water partition coefficient (Wildman–Crippen LogP) is 4.09. The van der Waals surface area contributed by atoms with E-state index in [0.29, 0.717) is 18.9 Å². The van der Waals surface area contributed by atoms with Crippen molar-refractivity contribution in [1.29, 1.82) is 0 Å². The van der Waals surface area contributed by atoms with Gasteiger partial charge in [-0.25, -0.2) is 0 Å². The molecule has 0 radical (unpaired) electrons. The van der Waals surface area contributed by atoms with Crippen LogP contribution in [0.1, 0.15) is 23.7 Å². The van der Waals surface area contributed by atoms with Gasteiger partial charge in [-0.2, -0.15) is 4.99 Å². The van der Waals surface area contributed by atoms with E-state index in [-0.39, 0.29) is 10.5 Å². The maximum Gasteiger partial charge on any atom is 0.308 e. The van der Waals surface area contributed by atoms with Gasteiger partial charge in [0, 0.05) is 18.3 Å². The van der Waals surface area contributed by atoms with Crippen molar-refractivity contribution in [2.75, 3.05) is 13.7 Å². The highest BCUT2D eigenvalue weighted by atomic mass is 32.2. The topological polar surface area (TPSA) is 60.8 Å². The number of amides is 1. The third kappa shape index (κ3) is 4.85. The van der Waals surface area contributed by atoms with E-state index in [4.69, 9.17) is 9.47 Å². The van der Waals surface area contributed by atoms with Crippen molar-refractivity contribution in [1.82, 2.24) is 4.98 Å². The SMILES string of the molecule is CCc1ccc(CCOc2ccc(CC3SC(=O)N=C3OC)cc2)nc1. The highest BCUT2D eigenvalue weighted by Crippen LogP contribution is 2.27. The number of benzene rings is 1. The maximum absolute atomic E-state index is 11.4. The number of ether oxygens (including phenoxy) is 2. The molecule has 0 spiro atoms. The van der Waals surface area contributed by atoms with E-state index in [2.05, 4.69) is 29.0 Å². The highest BCUT2D eigenvalue weighted by molar-refractivity contribution is 8.15. The molecule has 0 bridgehead atoms. The number of pyridine rings is 1. The third-order valence-electron chi connectivity index (χ3n) is 4.19. The number of rotatable bonds is 7. The van der Waals surface area contributed by atoms with E-state index in [9.17, 15) is 4.79 Å². The number of aliphatic imine (C=N–C) groups is 1. The minimum atomic E-state index is -0.188. The fourth-order valence-electron chi connectivity index (χ4n) is 2.69. The predicted molar refractivity (Wildman–Crippen MR) is 104 cm³/mol. The summed E-state index contributed by atoms with van der Waals surface area (Å²) in [5, 5.41) is -0.233. The summed E-state index contributed by atoms with van der Waals surface area (Å²) in [6.07, 6.45) is 4.41. The van der Waals surface area contributed by atoms with Crippen molar-refractivity contribution in [3.8, 4) is 5.75 Å². The summed E-state index contributed by atoms with van der Waals surface area (Å²) < 4.78 is 11.0. The minimum absolute atomic E-state index is 0.0450. The summed E-state index contributed by atoms with van der Waals surface area (Å²) in [5.74, 6) is 1.33. The molecule has 1 atom stereocenters. The smallest absolute Gasteiger partial charge is 0.308 e. The lowest BCUT2D eigenvalue weighted by Crippen LogP contribution is -2.17. The number of nitrogens with zero attached hydrogens (tertiary/aromatic N) is 2.